The number of likely N-dealkylation sites (N-methyl/N-ethyl adjacent to an activating group) is 1. The number of ether oxygens (including phenoxy) is 1. The Labute approximate surface area is 144 Å². The first-order valence-corrected chi connectivity index (χ1v) is 8.61. The summed E-state index contributed by atoms with van der Waals surface area (Å²) >= 11 is 0. The van der Waals surface area contributed by atoms with Crippen LogP contribution in [0.2, 0.25) is 0 Å². The van der Waals surface area contributed by atoms with Crippen LogP contribution in [0, 0.1) is 0 Å². The van der Waals surface area contributed by atoms with Gasteiger partial charge in [-0.25, -0.2) is 4.98 Å². The van der Waals surface area contributed by atoms with Crippen molar-refractivity contribution in [2.75, 3.05) is 33.9 Å². The van der Waals surface area contributed by atoms with Gasteiger partial charge in [0.2, 0.25) is 0 Å². The van der Waals surface area contributed by atoms with E-state index in [1.54, 1.807) is 7.11 Å². The van der Waals surface area contributed by atoms with Crippen LogP contribution in [0.25, 0.3) is 0 Å². The zero-order chi connectivity index (χ0) is 16.9. The van der Waals surface area contributed by atoms with Crippen LogP contribution in [0.15, 0.2) is 42.9 Å². The van der Waals surface area contributed by atoms with E-state index in [9.17, 15) is 0 Å². The van der Waals surface area contributed by atoms with Crippen molar-refractivity contribution in [3.63, 3.8) is 0 Å². The molecule has 5 heteroatoms. The van der Waals surface area contributed by atoms with Crippen LogP contribution in [0.3, 0.4) is 0 Å². The second kappa shape index (κ2) is 7.92. The van der Waals surface area contributed by atoms with Crippen LogP contribution in [-0.2, 0) is 18.2 Å². The number of hydrogen-bond acceptors (Lipinski definition) is 4. The molecule has 1 unspecified atom stereocenters. The lowest BCUT2D eigenvalue weighted by Gasteiger charge is -2.26. The maximum Gasteiger partial charge on any atom is 0.0945 e. The van der Waals surface area contributed by atoms with E-state index in [1.807, 2.05) is 12.5 Å². The summed E-state index contributed by atoms with van der Waals surface area (Å²) in [5.41, 5.74) is 2.64. The molecule has 3 rings (SSSR count). The molecule has 2 aromatic rings. The summed E-state index contributed by atoms with van der Waals surface area (Å²) in [4.78, 5) is 6.69. The molecule has 1 saturated heterocycles. The third-order valence-corrected chi connectivity index (χ3v) is 4.88. The van der Waals surface area contributed by atoms with Crippen molar-refractivity contribution >= 4 is 0 Å². The molecule has 2 heterocycles. The first-order valence-electron chi connectivity index (χ1n) is 8.61. The molecule has 3 atom stereocenters. The van der Waals surface area contributed by atoms with E-state index in [2.05, 4.69) is 64.2 Å². The van der Waals surface area contributed by atoms with E-state index < -0.39 is 0 Å². The van der Waals surface area contributed by atoms with E-state index in [1.165, 1.54) is 11.3 Å². The second-order valence-corrected chi connectivity index (χ2v) is 6.87. The molecule has 130 valence electrons. The topological polar surface area (TPSA) is 42.3 Å². The molecule has 0 bridgehead atoms. The van der Waals surface area contributed by atoms with Gasteiger partial charge in [-0.3, -0.25) is 0 Å². The highest BCUT2D eigenvalue weighted by Crippen LogP contribution is 2.27. The number of likely N-dealkylation sites (tertiary alicyclic amines) is 1. The number of rotatable bonds is 7. The molecule has 1 aromatic carbocycles. The largest absolute Gasteiger partial charge is 0.383 e. The summed E-state index contributed by atoms with van der Waals surface area (Å²) < 4.78 is 7.61. The summed E-state index contributed by atoms with van der Waals surface area (Å²) in [6.45, 7) is 2.82. The number of aromatic nitrogens is 2. The zero-order valence-electron chi connectivity index (χ0n) is 14.9. The molecule has 0 saturated carbocycles. The van der Waals surface area contributed by atoms with E-state index in [0.29, 0.717) is 24.6 Å². The van der Waals surface area contributed by atoms with E-state index in [-0.39, 0.29) is 0 Å². The minimum Gasteiger partial charge on any atom is -0.383 e. The third-order valence-electron chi connectivity index (χ3n) is 4.88. The number of imidazole rings is 1. The summed E-state index contributed by atoms with van der Waals surface area (Å²) in [6.07, 6.45) is 4.87. The molecule has 1 fully saturated rings. The number of hydrogen-bond donors (Lipinski definition) is 1. The number of aryl methyl sites for hydroxylation is 1. The van der Waals surface area contributed by atoms with E-state index in [0.717, 1.165) is 19.5 Å². The van der Waals surface area contributed by atoms with Crippen LogP contribution >= 0.6 is 0 Å². The van der Waals surface area contributed by atoms with Crippen LogP contribution < -0.4 is 5.32 Å². The highest BCUT2D eigenvalue weighted by atomic mass is 16.5. The molecular weight excluding hydrogens is 300 g/mol. The highest BCUT2D eigenvalue weighted by Gasteiger charge is 2.34. The monoisotopic (exact) mass is 328 g/mol. The molecular formula is C19H28N4O. The van der Waals surface area contributed by atoms with Gasteiger partial charge in [-0.2, -0.15) is 0 Å². The van der Waals surface area contributed by atoms with E-state index in [4.69, 9.17) is 4.74 Å². The normalized spacial score (nSPS) is 22.8. The van der Waals surface area contributed by atoms with Gasteiger partial charge in [0.15, 0.2) is 0 Å². The lowest BCUT2D eigenvalue weighted by molar-refractivity contribution is 0.159. The summed E-state index contributed by atoms with van der Waals surface area (Å²) in [5, 5.41) is 3.85. The van der Waals surface area contributed by atoms with Crippen molar-refractivity contribution in [2.45, 2.75) is 24.4 Å². The minimum absolute atomic E-state index is 0.310. The average molecular weight is 328 g/mol. The van der Waals surface area contributed by atoms with Crippen molar-refractivity contribution in [1.82, 2.24) is 19.8 Å². The van der Waals surface area contributed by atoms with Crippen LogP contribution in [0.4, 0.5) is 0 Å². The Kier molecular flexibility index (Phi) is 5.66. The summed E-state index contributed by atoms with van der Waals surface area (Å²) in [5.74, 6) is 0.456. The number of nitrogens with one attached hydrogen (secondary N) is 1. The number of methoxy groups -OCH3 is 1. The molecule has 0 radical (unpaired) electrons. The Balaban J connectivity index is 1.71. The quantitative estimate of drug-likeness (QED) is 0.839. The molecule has 0 spiro atoms. The Bertz CT molecular complexity index is 627. The van der Waals surface area contributed by atoms with Crippen molar-refractivity contribution in [1.29, 1.82) is 0 Å². The van der Waals surface area contributed by atoms with Gasteiger partial charge < -0.3 is 19.5 Å². The predicted octanol–water partition coefficient (Wildman–Crippen LogP) is 1.66. The molecule has 0 amide bonds. The van der Waals surface area contributed by atoms with Gasteiger partial charge in [-0.05, 0) is 19.0 Å². The van der Waals surface area contributed by atoms with Gasteiger partial charge in [0.25, 0.3) is 0 Å². The first kappa shape index (κ1) is 17.1. The standard InChI is InChI=1S/C19H28N4O/c1-22-11-17(19-10-20-14-23(19)2)18(12-22)21-16(13-24-3)9-15-7-5-4-6-8-15/h4-8,10,14,16-18,21H,9,11-13H2,1-3H3/t16?,17-,18-/m1/s1. The highest BCUT2D eigenvalue weighted by molar-refractivity contribution is 5.17. The smallest absolute Gasteiger partial charge is 0.0945 e. The Morgan fingerprint density at radius 1 is 1.25 bits per heavy atom. The van der Waals surface area contributed by atoms with Crippen LogP contribution in [0.5, 0.6) is 0 Å². The Hall–Kier alpha value is -1.69. The fraction of sp³-hybridized carbons (Fsp3) is 0.526. The maximum absolute atomic E-state index is 5.47. The van der Waals surface area contributed by atoms with E-state index >= 15 is 0 Å². The molecule has 1 aromatic heterocycles. The zero-order valence-corrected chi connectivity index (χ0v) is 14.9. The Morgan fingerprint density at radius 2 is 2.04 bits per heavy atom. The molecule has 24 heavy (non-hydrogen) atoms. The van der Waals surface area contributed by atoms with Crippen molar-refractivity contribution in [3.8, 4) is 0 Å². The molecule has 1 aliphatic rings. The SMILES string of the molecule is COCC(Cc1ccccc1)N[C@@H]1CN(C)C[C@H]1c1cncn1C. The number of nitrogens with zero attached hydrogens (tertiary/aromatic N) is 3. The fourth-order valence-electron chi connectivity index (χ4n) is 3.76. The van der Waals surface area contributed by atoms with Gasteiger partial charge in [-0.15, -0.1) is 0 Å². The van der Waals surface area contributed by atoms with Gasteiger partial charge >= 0.3 is 0 Å². The van der Waals surface area contributed by atoms with Crippen molar-refractivity contribution in [2.24, 2.45) is 7.05 Å². The minimum atomic E-state index is 0.310. The van der Waals surface area contributed by atoms with Gasteiger partial charge in [0, 0.05) is 57.1 Å². The lowest BCUT2D eigenvalue weighted by atomic mass is 9.98. The Morgan fingerprint density at radius 3 is 2.71 bits per heavy atom. The summed E-state index contributed by atoms with van der Waals surface area (Å²) in [7, 11) is 6.04. The third kappa shape index (κ3) is 4.04. The maximum atomic E-state index is 5.47. The summed E-state index contributed by atoms with van der Waals surface area (Å²) in [6, 6.07) is 11.3. The van der Waals surface area contributed by atoms with Gasteiger partial charge in [-0.1, -0.05) is 30.3 Å². The second-order valence-electron chi connectivity index (χ2n) is 6.87. The van der Waals surface area contributed by atoms with Crippen molar-refractivity contribution in [3.05, 3.63) is 54.1 Å². The predicted molar refractivity (Wildman–Crippen MR) is 96.2 cm³/mol. The van der Waals surface area contributed by atoms with Crippen LogP contribution in [-0.4, -0.2) is 60.4 Å². The lowest BCUT2D eigenvalue weighted by Crippen LogP contribution is -2.45. The number of benzene rings is 1. The molecule has 0 aliphatic carbocycles. The average Bonchev–Trinajstić information content (AvgIpc) is 3.14. The molecule has 1 N–H and O–H groups in total. The van der Waals surface area contributed by atoms with Gasteiger partial charge in [0.1, 0.15) is 0 Å². The fourth-order valence-corrected chi connectivity index (χ4v) is 3.76. The van der Waals surface area contributed by atoms with Gasteiger partial charge in [0.05, 0.1) is 12.9 Å². The van der Waals surface area contributed by atoms with Crippen molar-refractivity contribution < 1.29 is 4.74 Å². The first-order chi connectivity index (χ1) is 11.7. The van der Waals surface area contributed by atoms with Crippen LogP contribution in [0.1, 0.15) is 17.2 Å². The molecule has 5 nitrogen and oxygen atoms in total. The molecule has 1 aliphatic heterocycles.